The quantitative estimate of drug-likeness (QED) is 0.441. The number of nitrogens with zero attached hydrogens (tertiary/aromatic N) is 6. The molecule has 2 aromatic rings. The zero-order valence-corrected chi connectivity index (χ0v) is 17.9. The molecular formula is C22H33N7. The fourth-order valence-corrected chi connectivity index (χ4v) is 3.43. The second-order valence-electron chi connectivity index (χ2n) is 7.42. The zero-order chi connectivity index (χ0) is 20.5. The number of aryl methyl sites for hydroxylation is 1. The predicted octanol–water partition coefficient (Wildman–Crippen LogP) is 2.26. The summed E-state index contributed by atoms with van der Waals surface area (Å²) in [4.78, 5) is 20.3. The van der Waals surface area contributed by atoms with E-state index in [2.05, 4.69) is 75.3 Å². The lowest BCUT2D eigenvalue weighted by atomic mass is 10.1. The van der Waals surface area contributed by atoms with Crippen molar-refractivity contribution in [2.24, 2.45) is 4.99 Å². The molecular weight excluding hydrogens is 362 g/mol. The second-order valence-corrected chi connectivity index (χ2v) is 7.42. The smallest absolute Gasteiger partial charge is 0.225 e. The molecule has 7 heteroatoms. The normalized spacial score (nSPS) is 14.8. The Morgan fingerprint density at radius 3 is 2.38 bits per heavy atom. The summed E-state index contributed by atoms with van der Waals surface area (Å²) in [5.41, 5.74) is 2.61. The van der Waals surface area contributed by atoms with Crippen molar-refractivity contribution >= 4 is 17.6 Å². The topological polar surface area (TPSA) is 59.9 Å². The van der Waals surface area contributed by atoms with Gasteiger partial charge in [0.25, 0.3) is 0 Å². The molecule has 29 heavy (non-hydrogen) atoms. The Kier molecular flexibility index (Phi) is 7.67. The summed E-state index contributed by atoms with van der Waals surface area (Å²) >= 11 is 0. The molecule has 0 radical (unpaired) electrons. The van der Waals surface area contributed by atoms with Crippen molar-refractivity contribution in [3.05, 3.63) is 48.3 Å². The van der Waals surface area contributed by atoms with Crippen LogP contribution >= 0.6 is 0 Å². The van der Waals surface area contributed by atoms with Crippen molar-refractivity contribution in [2.45, 2.75) is 19.8 Å². The minimum absolute atomic E-state index is 0.814. The Hall–Kier alpha value is -2.83. The Bertz CT molecular complexity index is 750. The van der Waals surface area contributed by atoms with Gasteiger partial charge in [-0.2, -0.15) is 0 Å². The van der Waals surface area contributed by atoms with E-state index >= 15 is 0 Å². The lowest BCUT2D eigenvalue weighted by molar-refractivity contribution is 0.370. The van der Waals surface area contributed by atoms with E-state index in [1.165, 1.54) is 11.3 Å². The van der Waals surface area contributed by atoms with Gasteiger partial charge in [-0.1, -0.05) is 12.1 Å². The van der Waals surface area contributed by atoms with E-state index in [9.17, 15) is 0 Å². The monoisotopic (exact) mass is 395 g/mol. The van der Waals surface area contributed by atoms with Crippen LogP contribution in [0.5, 0.6) is 0 Å². The minimum atomic E-state index is 0.814. The largest absolute Gasteiger partial charge is 0.378 e. The molecule has 0 bridgehead atoms. The van der Waals surface area contributed by atoms with E-state index in [0.717, 1.165) is 64.0 Å². The number of aromatic nitrogens is 2. The number of benzene rings is 1. The lowest BCUT2D eigenvalue weighted by Gasteiger charge is -2.36. The Labute approximate surface area is 174 Å². The summed E-state index contributed by atoms with van der Waals surface area (Å²) < 4.78 is 0. The van der Waals surface area contributed by atoms with Crippen LogP contribution in [0, 0.1) is 0 Å². The Morgan fingerprint density at radius 2 is 1.76 bits per heavy atom. The number of hydrogen-bond acceptors (Lipinski definition) is 5. The van der Waals surface area contributed by atoms with Crippen LogP contribution in [0.1, 0.15) is 18.9 Å². The summed E-state index contributed by atoms with van der Waals surface area (Å²) in [6.45, 7) is 7.51. The maximum absolute atomic E-state index is 4.87. The predicted molar refractivity (Wildman–Crippen MR) is 121 cm³/mol. The van der Waals surface area contributed by atoms with Gasteiger partial charge in [-0.15, -0.1) is 0 Å². The van der Waals surface area contributed by atoms with E-state index < -0.39 is 0 Å². The third-order valence-electron chi connectivity index (χ3n) is 5.09. The fourth-order valence-electron chi connectivity index (χ4n) is 3.43. The van der Waals surface area contributed by atoms with Gasteiger partial charge in [0.15, 0.2) is 5.96 Å². The molecule has 7 nitrogen and oxygen atoms in total. The first-order valence-corrected chi connectivity index (χ1v) is 10.5. The van der Waals surface area contributed by atoms with Crippen molar-refractivity contribution in [1.29, 1.82) is 0 Å². The number of piperazine rings is 1. The first kappa shape index (κ1) is 20.9. The molecule has 0 atom stereocenters. The van der Waals surface area contributed by atoms with Gasteiger partial charge in [0.05, 0.1) is 0 Å². The highest BCUT2D eigenvalue weighted by molar-refractivity contribution is 5.80. The summed E-state index contributed by atoms with van der Waals surface area (Å²) in [7, 11) is 4.14. The van der Waals surface area contributed by atoms with E-state index in [0.29, 0.717) is 0 Å². The van der Waals surface area contributed by atoms with Gasteiger partial charge in [0.1, 0.15) is 0 Å². The minimum Gasteiger partial charge on any atom is -0.378 e. The molecule has 0 amide bonds. The molecule has 156 valence electrons. The van der Waals surface area contributed by atoms with Crippen LogP contribution in [0.15, 0.2) is 47.7 Å². The van der Waals surface area contributed by atoms with Crippen LogP contribution in [0.4, 0.5) is 11.6 Å². The molecule has 0 saturated carbocycles. The standard InChI is InChI=1S/C22H33N7/c1-4-23-21(24-12-5-7-19-8-10-20(11-9-19)27(2)3)28-15-17-29(18-16-28)22-25-13-6-14-26-22/h6,8-11,13-14H,4-5,7,12,15-18H2,1-3H3,(H,23,24). The van der Waals surface area contributed by atoms with Gasteiger partial charge < -0.3 is 20.0 Å². The SMILES string of the molecule is CCNC(=NCCCc1ccc(N(C)C)cc1)N1CCN(c2ncccn2)CC1. The molecule has 1 aliphatic rings. The molecule has 1 saturated heterocycles. The fraction of sp³-hybridized carbons (Fsp3) is 0.500. The van der Waals surface area contributed by atoms with Crippen LogP contribution in [0.25, 0.3) is 0 Å². The second kappa shape index (κ2) is 10.6. The maximum atomic E-state index is 4.87. The first-order valence-electron chi connectivity index (χ1n) is 10.5. The zero-order valence-electron chi connectivity index (χ0n) is 17.9. The number of aliphatic imine (C=N–C) groups is 1. The number of anilines is 2. The van der Waals surface area contributed by atoms with E-state index in [-0.39, 0.29) is 0 Å². The van der Waals surface area contributed by atoms with E-state index in [1.54, 1.807) is 12.4 Å². The molecule has 0 spiro atoms. The molecule has 1 aromatic heterocycles. The van der Waals surface area contributed by atoms with Crippen LogP contribution in [-0.2, 0) is 6.42 Å². The molecule has 1 aliphatic heterocycles. The van der Waals surface area contributed by atoms with Crippen LogP contribution in [-0.4, -0.2) is 74.2 Å². The van der Waals surface area contributed by atoms with Crippen molar-refractivity contribution in [1.82, 2.24) is 20.2 Å². The Morgan fingerprint density at radius 1 is 1.07 bits per heavy atom. The number of rotatable bonds is 7. The molecule has 1 fully saturated rings. The Balaban J connectivity index is 1.48. The molecule has 0 aliphatic carbocycles. The van der Waals surface area contributed by atoms with Gasteiger partial charge in [0, 0.05) is 71.4 Å². The number of nitrogens with one attached hydrogen (secondary N) is 1. The highest BCUT2D eigenvalue weighted by Crippen LogP contribution is 2.14. The first-order chi connectivity index (χ1) is 14.2. The molecule has 0 unspecified atom stereocenters. The summed E-state index contributed by atoms with van der Waals surface area (Å²) in [6.07, 6.45) is 5.70. The highest BCUT2D eigenvalue weighted by Gasteiger charge is 2.20. The van der Waals surface area contributed by atoms with Crippen LogP contribution < -0.4 is 15.1 Å². The summed E-state index contributed by atoms with van der Waals surface area (Å²) in [5, 5.41) is 3.45. The van der Waals surface area contributed by atoms with Crippen molar-refractivity contribution < 1.29 is 0 Å². The molecule has 1 N–H and O–H groups in total. The molecule has 1 aromatic carbocycles. The van der Waals surface area contributed by atoms with Crippen LogP contribution in [0.2, 0.25) is 0 Å². The summed E-state index contributed by atoms with van der Waals surface area (Å²) in [5.74, 6) is 1.83. The average Bonchev–Trinajstić information content (AvgIpc) is 2.77. The molecule has 3 rings (SSSR count). The van der Waals surface area contributed by atoms with Crippen molar-refractivity contribution in [2.75, 3.05) is 63.2 Å². The third kappa shape index (κ3) is 6.07. The number of guanidine groups is 1. The van der Waals surface area contributed by atoms with Crippen LogP contribution in [0.3, 0.4) is 0 Å². The van der Waals surface area contributed by atoms with Gasteiger partial charge in [-0.25, -0.2) is 9.97 Å². The lowest BCUT2D eigenvalue weighted by Crippen LogP contribution is -2.53. The van der Waals surface area contributed by atoms with Gasteiger partial charge in [0.2, 0.25) is 5.95 Å². The van der Waals surface area contributed by atoms with E-state index in [4.69, 9.17) is 4.99 Å². The average molecular weight is 396 g/mol. The number of hydrogen-bond donors (Lipinski definition) is 1. The molecule has 2 heterocycles. The van der Waals surface area contributed by atoms with Gasteiger partial charge in [-0.05, 0) is 43.5 Å². The van der Waals surface area contributed by atoms with Gasteiger partial charge >= 0.3 is 0 Å². The van der Waals surface area contributed by atoms with Crippen molar-refractivity contribution in [3.8, 4) is 0 Å². The van der Waals surface area contributed by atoms with Crippen molar-refractivity contribution in [3.63, 3.8) is 0 Å². The maximum Gasteiger partial charge on any atom is 0.225 e. The van der Waals surface area contributed by atoms with E-state index in [1.807, 2.05) is 6.07 Å². The highest BCUT2D eigenvalue weighted by atomic mass is 15.4. The third-order valence-corrected chi connectivity index (χ3v) is 5.09. The van der Waals surface area contributed by atoms with Gasteiger partial charge in [-0.3, -0.25) is 4.99 Å². The summed E-state index contributed by atoms with van der Waals surface area (Å²) in [6, 6.07) is 10.6.